The predicted octanol–water partition coefficient (Wildman–Crippen LogP) is 16.2. The molecule has 0 fully saturated rings. The van der Waals surface area contributed by atoms with E-state index in [1.54, 1.807) is 0 Å². The molecule has 0 aromatic heterocycles. The van der Waals surface area contributed by atoms with Crippen LogP contribution in [0.3, 0.4) is 0 Å². The summed E-state index contributed by atoms with van der Waals surface area (Å²) in [5.74, 6) is -0.206. The van der Waals surface area contributed by atoms with E-state index in [-0.39, 0.29) is 12.6 Å². The van der Waals surface area contributed by atoms with Gasteiger partial charge in [-0.25, -0.2) is 0 Å². The van der Waals surface area contributed by atoms with E-state index < -0.39 is 6.10 Å². The Labute approximate surface area is 343 Å². The largest absolute Gasteiger partial charge is 0.457 e. The molecule has 0 aliphatic heterocycles. The molecule has 0 saturated heterocycles. The lowest BCUT2D eigenvalue weighted by molar-refractivity contribution is -0.154. The minimum absolute atomic E-state index is 0.175. The van der Waals surface area contributed by atoms with Crippen LogP contribution in [0.15, 0.2) is 48.6 Å². The smallest absolute Gasteiger partial charge is 0.306 e. The van der Waals surface area contributed by atoms with Crippen molar-refractivity contribution in [3.8, 4) is 0 Å². The van der Waals surface area contributed by atoms with Crippen LogP contribution in [0, 0.1) is 0 Å². The number of rotatable bonds is 45. The van der Waals surface area contributed by atoms with Crippen LogP contribution < -0.4 is 0 Å². The number of carbonyl (C=O) groups is 1. The van der Waals surface area contributed by atoms with Crippen LogP contribution in [-0.2, 0) is 14.3 Å². The fraction of sp³-hybridized carbons (Fsp3) is 0.824. The van der Waals surface area contributed by atoms with E-state index in [1.807, 2.05) is 0 Å². The summed E-state index contributed by atoms with van der Waals surface area (Å²) in [5.41, 5.74) is 0. The highest BCUT2D eigenvalue weighted by Crippen LogP contribution is 2.14. The van der Waals surface area contributed by atoms with Crippen LogP contribution in [0.4, 0.5) is 0 Å². The minimum atomic E-state index is -0.540. The molecule has 0 spiro atoms. The lowest BCUT2D eigenvalue weighted by Gasteiger charge is -2.16. The SMILES string of the molecule is CCCCCCC/C=C\C/C=C\C/C=C\CCCCCCCCCCC(=O)OC(CO)COCCCCCCCCCCCC/C=C\CCCCCCCC. The third-order valence-electron chi connectivity index (χ3n) is 10.6. The first-order valence-corrected chi connectivity index (χ1v) is 24.2. The van der Waals surface area contributed by atoms with Crippen molar-refractivity contribution in [1.82, 2.24) is 0 Å². The van der Waals surface area contributed by atoms with Gasteiger partial charge in [0, 0.05) is 13.0 Å². The number of allylic oxidation sites excluding steroid dienone is 8. The van der Waals surface area contributed by atoms with Crippen LogP contribution in [0.1, 0.15) is 245 Å². The van der Waals surface area contributed by atoms with Crippen LogP contribution in [-0.4, -0.2) is 37.0 Å². The fourth-order valence-electron chi connectivity index (χ4n) is 6.98. The maximum atomic E-state index is 12.2. The summed E-state index contributed by atoms with van der Waals surface area (Å²) in [7, 11) is 0. The predicted molar refractivity (Wildman–Crippen MR) is 242 cm³/mol. The number of ether oxygens (including phenoxy) is 2. The highest BCUT2D eigenvalue weighted by atomic mass is 16.6. The van der Waals surface area contributed by atoms with Gasteiger partial charge in [-0.3, -0.25) is 4.79 Å². The fourth-order valence-corrected chi connectivity index (χ4v) is 6.98. The molecule has 55 heavy (non-hydrogen) atoms. The second kappa shape index (κ2) is 48.5. The standard InChI is InChI=1S/C51H94O4/c1-3-5-7-9-11-13-15-17-19-21-23-25-26-27-28-30-32-34-36-38-40-42-44-46-51(53)55-50(48-52)49-54-47-45-43-41-39-37-35-33-31-29-24-22-20-18-16-14-12-10-8-6-4-2/h15,17-18,20-21,23,26-27,50,52H,3-14,16,19,22,24-25,28-49H2,1-2H3/b17-15-,20-18-,23-21-,27-26-. The summed E-state index contributed by atoms with van der Waals surface area (Å²) in [6.07, 6.45) is 63.3. The first-order valence-electron chi connectivity index (χ1n) is 24.2. The Morgan fingerprint density at radius 3 is 1.16 bits per heavy atom. The van der Waals surface area contributed by atoms with Crippen LogP contribution in [0.5, 0.6) is 0 Å². The van der Waals surface area contributed by atoms with Gasteiger partial charge < -0.3 is 14.6 Å². The third-order valence-corrected chi connectivity index (χ3v) is 10.6. The van der Waals surface area contributed by atoms with E-state index in [1.165, 1.54) is 193 Å². The zero-order valence-corrected chi connectivity index (χ0v) is 36.9. The molecule has 1 unspecified atom stereocenters. The van der Waals surface area contributed by atoms with Crippen molar-refractivity contribution in [1.29, 1.82) is 0 Å². The van der Waals surface area contributed by atoms with Gasteiger partial charge >= 0.3 is 5.97 Å². The quantitative estimate of drug-likeness (QED) is 0.0381. The van der Waals surface area contributed by atoms with Crippen LogP contribution in [0.2, 0.25) is 0 Å². The number of unbranched alkanes of at least 4 members (excludes halogenated alkanes) is 29. The summed E-state index contributed by atoms with van der Waals surface area (Å²) in [5, 5.41) is 9.63. The monoisotopic (exact) mass is 771 g/mol. The summed E-state index contributed by atoms with van der Waals surface area (Å²) in [4.78, 5) is 12.2. The van der Waals surface area contributed by atoms with E-state index in [0.29, 0.717) is 19.6 Å². The maximum Gasteiger partial charge on any atom is 0.306 e. The van der Waals surface area contributed by atoms with E-state index in [4.69, 9.17) is 9.47 Å². The molecule has 1 atom stereocenters. The number of carbonyl (C=O) groups excluding carboxylic acids is 1. The first kappa shape index (κ1) is 53.4. The molecule has 0 amide bonds. The van der Waals surface area contributed by atoms with Crippen molar-refractivity contribution in [2.24, 2.45) is 0 Å². The van der Waals surface area contributed by atoms with Gasteiger partial charge in [-0.2, -0.15) is 0 Å². The lowest BCUT2D eigenvalue weighted by Crippen LogP contribution is -2.27. The van der Waals surface area contributed by atoms with Gasteiger partial charge in [0.05, 0.1) is 13.2 Å². The number of aliphatic hydroxyl groups is 1. The van der Waals surface area contributed by atoms with Crippen molar-refractivity contribution in [2.45, 2.75) is 251 Å². The third kappa shape index (κ3) is 46.6. The molecule has 4 nitrogen and oxygen atoms in total. The summed E-state index contributed by atoms with van der Waals surface area (Å²) < 4.78 is 11.2. The van der Waals surface area contributed by atoms with Gasteiger partial charge in [0.1, 0.15) is 6.10 Å². The molecule has 0 bridgehead atoms. The highest BCUT2D eigenvalue weighted by Gasteiger charge is 2.13. The Balaban J connectivity index is 3.44. The minimum Gasteiger partial charge on any atom is -0.457 e. The molecule has 0 saturated carbocycles. The normalized spacial score (nSPS) is 12.7. The molecule has 322 valence electrons. The molecular formula is C51H94O4. The van der Waals surface area contributed by atoms with Crippen molar-refractivity contribution in [3.05, 3.63) is 48.6 Å². The Bertz CT molecular complexity index is 859. The molecule has 1 N–H and O–H groups in total. The topological polar surface area (TPSA) is 55.8 Å². The van der Waals surface area contributed by atoms with E-state index in [0.717, 1.165) is 32.1 Å². The highest BCUT2D eigenvalue weighted by molar-refractivity contribution is 5.69. The maximum absolute atomic E-state index is 12.2. The zero-order chi connectivity index (χ0) is 39.8. The lowest BCUT2D eigenvalue weighted by atomic mass is 10.1. The number of hydrogen-bond donors (Lipinski definition) is 1. The molecule has 4 heteroatoms. The molecule has 0 radical (unpaired) electrons. The Morgan fingerprint density at radius 1 is 0.436 bits per heavy atom. The number of hydrogen-bond acceptors (Lipinski definition) is 4. The average Bonchev–Trinajstić information content (AvgIpc) is 3.19. The summed E-state index contributed by atoms with van der Waals surface area (Å²) in [6, 6.07) is 0. The van der Waals surface area contributed by atoms with E-state index in [9.17, 15) is 9.90 Å². The Morgan fingerprint density at radius 2 is 0.764 bits per heavy atom. The molecule has 0 aliphatic carbocycles. The zero-order valence-electron chi connectivity index (χ0n) is 36.9. The molecule has 0 aromatic carbocycles. The van der Waals surface area contributed by atoms with Gasteiger partial charge in [0.2, 0.25) is 0 Å². The first-order chi connectivity index (χ1) is 27.2. The molecule has 0 heterocycles. The van der Waals surface area contributed by atoms with Gasteiger partial charge in [-0.1, -0.05) is 210 Å². The second-order valence-electron chi connectivity index (χ2n) is 16.2. The summed E-state index contributed by atoms with van der Waals surface area (Å²) in [6.45, 7) is 5.34. The van der Waals surface area contributed by atoms with Crippen LogP contribution in [0.25, 0.3) is 0 Å². The van der Waals surface area contributed by atoms with Gasteiger partial charge in [0.25, 0.3) is 0 Å². The van der Waals surface area contributed by atoms with Crippen molar-refractivity contribution < 1.29 is 19.4 Å². The number of esters is 1. The van der Waals surface area contributed by atoms with Gasteiger partial charge in [0.15, 0.2) is 0 Å². The number of aliphatic hydroxyl groups excluding tert-OH is 1. The van der Waals surface area contributed by atoms with Gasteiger partial charge in [-0.05, 0) is 77.0 Å². The van der Waals surface area contributed by atoms with E-state index >= 15 is 0 Å². The molecular weight excluding hydrogens is 677 g/mol. The Kier molecular flexibility index (Phi) is 47.0. The summed E-state index contributed by atoms with van der Waals surface area (Å²) >= 11 is 0. The van der Waals surface area contributed by atoms with E-state index in [2.05, 4.69) is 62.5 Å². The van der Waals surface area contributed by atoms with Crippen molar-refractivity contribution >= 4 is 5.97 Å². The van der Waals surface area contributed by atoms with Crippen molar-refractivity contribution in [2.75, 3.05) is 19.8 Å². The molecule has 0 rings (SSSR count). The molecule has 0 aliphatic rings. The molecule has 0 aromatic rings. The Hall–Kier alpha value is -1.65. The van der Waals surface area contributed by atoms with Gasteiger partial charge in [-0.15, -0.1) is 0 Å². The second-order valence-corrected chi connectivity index (χ2v) is 16.2. The van der Waals surface area contributed by atoms with Crippen LogP contribution >= 0.6 is 0 Å². The van der Waals surface area contributed by atoms with Crippen molar-refractivity contribution in [3.63, 3.8) is 0 Å². The average molecular weight is 771 g/mol.